The second-order valence-corrected chi connectivity index (χ2v) is 6.29. The summed E-state index contributed by atoms with van der Waals surface area (Å²) in [6, 6.07) is 2.89. The highest BCUT2D eigenvalue weighted by molar-refractivity contribution is 5.79. The van der Waals surface area contributed by atoms with Crippen LogP contribution in [0.2, 0.25) is 0 Å². The number of hydrogen-bond acceptors (Lipinski definition) is 3. The van der Waals surface area contributed by atoms with Crippen molar-refractivity contribution in [2.75, 3.05) is 0 Å². The van der Waals surface area contributed by atoms with Crippen LogP contribution in [0.25, 0.3) is 0 Å². The Morgan fingerprint density at radius 3 is 2.79 bits per heavy atom. The average molecular weight is 335 g/mol. The second-order valence-electron chi connectivity index (χ2n) is 6.29. The number of nitrogens with zero attached hydrogens (tertiary/aromatic N) is 2. The highest BCUT2D eigenvalue weighted by Gasteiger charge is 2.36. The Bertz CT molecular complexity index is 741. The summed E-state index contributed by atoms with van der Waals surface area (Å²) in [5.74, 6) is -1.64. The lowest BCUT2D eigenvalue weighted by atomic mass is 9.75. The molecule has 1 aromatic carbocycles. The molecule has 1 amide bonds. The van der Waals surface area contributed by atoms with Crippen LogP contribution in [0.5, 0.6) is 0 Å². The van der Waals surface area contributed by atoms with Crippen molar-refractivity contribution in [3.63, 3.8) is 0 Å². The zero-order valence-electron chi connectivity index (χ0n) is 13.2. The number of aromatic nitrogens is 2. The number of aliphatic hydroxyl groups is 1. The fourth-order valence-corrected chi connectivity index (χ4v) is 3.04. The van der Waals surface area contributed by atoms with E-state index in [-0.39, 0.29) is 36.0 Å². The number of halogens is 2. The Morgan fingerprint density at radius 1 is 1.46 bits per heavy atom. The van der Waals surface area contributed by atoms with Crippen molar-refractivity contribution in [3.05, 3.63) is 53.4 Å². The van der Waals surface area contributed by atoms with Crippen molar-refractivity contribution in [2.24, 2.45) is 13.0 Å². The first-order valence-corrected chi connectivity index (χ1v) is 7.82. The van der Waals surface area contributed by atoms with Gasteiger partial charge in [0.25, 0.3) is 0 Å². The molecule has 3 rings (SSSR count). The van der Waals surface area contributed by atoms with Gasteiger partial charge < -0.3 is 10.4 Å². The van der Waals surface area contributed by atoms with E-state index in [1.54, 1.807) is 17.9 Å². The first-order chi connectivity index (χ1) is 11.4. The largest absolute Gasteiger partial charge is 0.393 e. The quantitative estimate of drug-likeness (QED) is 0.877. The van der Waals surface area contributed by atoms with Crippen molar-refractivity contribution in [1.29, 1.82) is 0 Å². The zero-order chi connectivity index (χ0) is 17.3. The number of benzene rings is 1. The predicted molar refractivity (Wildman–Crippen MR) is 82.9 cm³/mol. The molecule has 1 saturated carbocycles. The maximum Gasteiger partial charge on any atom is 0.225 e. The Balaban J connectivity index is 1.71. The Morgan fingerprint density at radius 2 is 2.21 bits per heavy atom. The smallest absolute Gasteiger partial charge is 0.225 e. The SMILES string of the molecule is Cn1cc([C@H](NC(=O)Cc2ccc(F)cc2F)C2CC(O)C2)cn1. The maximum atomic E-state index is 13.7. The van der Waals surface area contributed by atoms with E-state index in [9.17, 15) is 18.7 Å². The number of hydrogen-bond donors (Lipinski definition) is 2. The number of aliphatic hydroxyl groups excluding tert-OH is 1. The standard InChI is InChI=1S/C17H19F2N3O2/c1-22-9-12(8-20-22)17(11-4-14(23)5-11)21-16(24)6-10-2-3-13(18)7-15(10)19/h2-3,7-9,11,14,17,23H,4-6H2,1H3,(H,21,24)/t11?,14?,17-/m1/s1. The molecule has 0 unspecified atom stereocenters. The number of carbonyl (C=O) groups excluding carboxylic acids is 1. The molecule has 24 heavy (non-hydrogen) atoms. The fourth-order valence-electron chi connectivity index (χ4n) is 3.04. The first-order valence-electron chi connectivity index (χ1n) is 7.82. The third-order valence-corrected chi connectivity index (χ3v) is 4.39. The molecule has 1 fully saturated rings. The van der Waals surface area contributed by atoms with Gasteiger partial charge >= 0.3 is 0 Å². The number of carbonyl (C=O) groups is 1. The van der Waals surface area contributed by atoms with Gasteiger partial charge in [-0.2, -0.15) is 5.10 Å². The molecule has 7 heteroatoms. The molecule has 0 radical (unpaired) electrons. The molecule has 0 saturated heterocycles. The molecule has 1 heterocycles. The van der Waals surface area contributed by atoms with Gasteiger partial charge in [-0.1, -0.05) is 6.07 Å². The molecule has 128 valence electrons. The van der Waals surface area contributed by atoms with Crippen molar-refractivity contribution in [2.45, 2.75) is 31.4 Å². The molecule has 5 nitrogen and oxygen atoms in total. The number of rotatable bonds is 5. The molecule has 2 N–H and O–H groups in total. The average Bonchev–Trinajstić information content (AvgIpc) is 2.91. The highest BCUT2D eigenvalue weighted by Crippen LogP contribution is 2.38. The molecular weight excluding hydrogens is 316 g/mol. The lowest BCUT2D eigenvalue weighted by Gasteiger charge is -2.37. The normalized spacial score (nSPS) is 21.2. The van der Waals surface area contributed by atoms with Crippen molar-refractivity contribution >= 4 is 5.91 Å². The van der Waals surface area contributed by atoms with Crippen molar-refractivity contribution < 1.29 is 18.7 Å². The fraction of sp³-hybridized carbons (Fsp3) is 0.412. The monoisotopic (exact) mass is 335 g/mol. The molecule has 0 bridgehead atoms. The van der Waals surface area contributed by atoms with Gasteiger partial charge in [0.1, 0.15) is 11.6 Å². The van der Waals surface area contributed by atoms with Gasteiger partial charge in [-0.15, -0.1) is 0 Å². The molecule has 2 aromatic rings. The van der Waals surface area contributed by atoms with Crippen LogP contribution < -0.4 is 5.32 Å². The Labute approximate surface area is 138 Å². The molecule has 1 atom stereocenters. The van der Waals surface area contributed by atoms with E-state index in [1.807, 2.05) is 6.20 Å². The summed E-state index contributed by atoms with van der Waals surface area (Å²) < 4.78 is 28.3. The van der Waals surface area contributed by atoms with E-state index in [1.165, 1.54) is 6.07 Å². The summed E-state index contributed by atoms with van der Waals surface area (Å²) in [6.45, 7) is 0. The van der Waals surface area contributed by atoms with Gasteiger partial charge in [0.2, 0.25) is 5.91 Å². The van der Waals surface area contributed by atoms with Crippen molar-refractivity contribution in [3.8, 4) is 0 Å². The second kappa shape index (κ2) is 6.68. The molecule has 1 aromatic heterocycles. The van der Waals surface area contributed by atoms with Gasteiger partial charge in [-0.25, -0.2) is 8.78 Å². The van der Waals surface area contributed by atoms with E-state index in [2.05, 4.69) is 10.4 Å². The van der Waals surface area contributed by atoms with Crippen LogP contribution in [0.15, 0.2) is 30.6 Å². The summed E-state index contributed by atoms with van der Waals surface area (Å²) in [6.07, 6.45) is 4.18. The van der Waals surface area contributed by atoms with Gasteiger partial charge in [0.15, 0.2) is 0 Å². The summed E-state index contributed by atoms with van der Waals surface area (Å²) >= 11 is 0. The third-order valence-electron chi connectivity index (χ3n) is 4.39. The zero-order valence-corrected chi connectivity index (χ0v) is 13.2. The van der Waals surface area contributed by atoms with Crippen LogP contribution in [0.1, 0.15) is 30.0 Å². The minimum Gasteiger partial charge on any atom is -0.393 e. The van der Waals surface area contributed by atoms with E-state index in [0.717, 1.165) is 17.7 Å². The lowest BCUT2D eigenvalue weighted by Crippen LogP contribution is -2.41. The summed E-state index contributed by atoms with van der Waals surface area (Å²) in [5, 5.41) is 16.5. The van der Waals surface area contributed by atoms with E-state index >= 15 is 0 Å². The first kappa shape index (κ1) is 16.6. The number of nitrogens with one attached hydrogen (secondary N) is 1. The third kappa shape index (κ3) is 3.62. The van der Waals surface area contributed by atoms with Crippen LogP contribution >= 0.6 is 0 Å². The predicted octanol–water partition coefficient (Wildman–Crippen LogP) is 1.87. The van der Waals surface area contributed by atoms with Gasteiger partial charge in [0.05, 0.1) is 24.8 Å². The topological polar surface area (TPSA) is 67.2 Å². The summed E-state index contributed by atoms with van der Waals surface area (Å²) in [7, 11) is 1.78. The van der Waals surface area contributed by atoms with Gasteiger partial charge in [0, 0.05) is 24.9 Å². The molecule has 0 aliphatic heterocycles. The lowest BCUT2D eigenvalue weighted by molar-refractivity contribution is -0.122. The van der Waals surface area contributed by atoms with E-state index in [0.29, 0.717) is 12.8 Å². The maximum absolute atomic E-state index is 13.7. The Hall–Kier alpha value is -2.28. The van der Waals surface area contributed by atoms with E-state index < -0.39 is 11.6 Å². The van der Waals surface area contributed by atoms with Crippen molar-refractivity contribution in [1.82, 2.24) is 15.1 Å². The highest BCUT2D eigenvalue weighted by atomic mass is 19.1. The molecule has 1 aliphatic carbocycles. The number of amides is 1. The molecular formula is C17H19F2N3O2. The van der Waals surface area contributed by atoms with Gasteiger partial charge in [-0.3, -0.25) is 9.48 Å². The summed E-state index contributed by atoms with van der Waals surface area (Å²) in [4.78, 5) is 12.3. The number of aryl methyl sites for hydroxylation is 1. The van der Waals surface area contributed by atoms with Crippen LogP contribution in [0.4, 0.5) is 8.78 Å². The van der Waals surface area contributed by atoms with Crippen LogP contribution in [0, 0.1) is 17.6 Å². The van der Waals surface area contributed by atoms with Gasteiger partial charge in [-0.05, 0) is 30.4 Å². The minimum atomic E-state index is -0.734. The van der Waals surface area contributed by atoms with Crippen LogP contribution in [-0.4, -0.2) is 26.9 Å². The summed E-state index contributed by atoms with van der Waals surface area (Å²) in [5.41, 5.74) is 0.995. The Kier molecular flexibility index (Phi) is 4.62. The minimum absolute atomic E-state index is 0.117. The van der Waals surface area contributed by atoms with Crippen LogP contribution in [0.3, 0.4) is 0 Å². The van der Waals surface area contributed by atoms with E-state index in [4.69, 9.17) is 0 Å². The molecule has 1 aliphatic rings. The molecule has 0 spiro atoms. The van der Waals surface area contributed by atoms with Crippen LogP contribution in [-0.2, 0) is 18.3 Å².